The maximum Gasteiger partial charge on any atom is 0.407 e. The van der Waals surface area contributed by atoms with Crippen LogP contribution in [0.25, 0.3) is 22.5 Å². The van der Waals surface area contributed by atoms with Crippen LogP contribution in [0, 0.1) is 11.8 Å². The van der Waals surface area contributed by atoms with Crippen LogP contribution in [0.5, 0.6) is 0 Å². The predicted octanol–water partition coefficient (Wildman–Crippen LogP) is 10.3. The zero-order valence-electron chi connectivity index (χ0n) is 41.8. The number of ether oxygens (including phenoxy) is 2. The number of methoxy groups -OCH3 is 2. The van der Waals surface area contributed by atoms with Crippen LogP contribution in [0.3, 0.4) is 0 Å². The Bertz CT molecular complexity index is 2430. The van der Waals surface area contributed by atoms with Gasteiger partial charge in [0.25, 0.3) is 0 Å². The largest absolute Gasteiger partial charge is 0.483 e. The van der Waals surface area contributed by atoms with Crippen molar-refractivity contribution < 1.29 is 23.9 Å². The first-order valence-corrected chi connectivity index (χ1v) is 24.7. The van der Waals surface area contributed by atoms with Crippen molar-refractivity contribution in [3.63, 3.8) is 0 Å². The Hall–Kier alpha value is -6.57. The van der Waals surface area contributed by atoms with Crippen LogP contribution in [0.15, 0.2) is 97.4 Å². The number of anilines is 1. The molecule has 3 aliphatic rings. The molecule has 0 aliphatic carbocycles. The molecule has 3 fully saturated rings. The van der Waals surface area contributed by atoms with E-state index in [-0.39, 0.29) is 53.2 Å². The van der Waals surface area contributed by atoms with Gasteiger partial charge in [-0.3, -0.25) is 19.8 Å². The second-order valence-corrected chi connectivity index (χ2v) is 20.7. The quantitative estimate of drug-likeness (QED) is 0.0749. The summed E-state index contributed by atoms with van der Waals surface area (Å²) in [6, 6.07) is 29.8. The summed E-state index contributed by atoms with van der Waals surface area (Å²) >= 11 is 0. The normalized spacial score (nSPS) is 20.4. The average molecular weight is 938 g/mol. The number of hydrogen-bond acceptors (Lipinski definition) is 9. The number of amides is 3. The van der Waals surface area contributed by atoms with E-state index in [2.05, 4.69) is 138 Å². The number of H-pyrrole nitrogens is 2. The third-order valence-electron chi connectivity index (χ3n) is 14.5. The summed E-state index contributed by atoms with van der Waals surface area (Å²) < 4.78 is 10.1. The summed E-state index contributed by atoms with van der Waals surface area (Å²) in [5.41, 5.74) is 10.5. The molecule has 2 aromatic heterocycles. The van der Waals surface area contributed by atoms with Gasteiger partial charge in [0.05, 0.1) is 61.2 Å². The molecule has 3 aliphatic heterocycles. The zero-order chi connectivity index (χ0) is 49.1. The van der Waals surface area contributed by atoms with Crippen LogP contribution >= 0.6 is 0 Å². The summed E-state index contributed by atoms with van der Waals surface area (Å²) in [5.74, 6) is 0.257. The van der Waals surface area contributed by atoms with Crippen LogP contribution < -0.4 is 15.5 Å². The Balaban J connectivity index is 1.00. The molecule has 0 saturated carbocycles. The number of rotatable bonds is 15. The minimum Gasteiger partial charge on any atom is -0.483 e. The summed E-state index contributed by atoms with van der Waals surface area (Å²) in [4.78, 5) is 46.2. The van der Waals surface area contributed by atoms with Crippen LogP contribution in [0.4, 0.5) is 10.5 Å². The number of likely N-dealkylation sites (tertiary alicyclic amines) is 2. The molecule has 0 bridgehead atoms. The number of nitrogens with one attached hydrogen (secondary N) is 4. The maximum absolute atomic E-state index is 13.9. The minimum absolute atomic E-state index is 0.0367. The molecule has 3 amide bonds. The van der Waals surface area contributed by atoms with Crippen LogP contribution in [-0.2, 0) is 24.5 Å². The molecule has 4 N–H and O–H groups in total. The number of aromatic nitrogens is 4. The number of aromatic amines is 2. The van der Waals surface area contributed by atoms with E-state index in [0.717, 1.165) is 72.4 Å². The van der Waals surface area contributed by atoms with E-state index in [1.165, 1.54) is 29.5 Å². The van der Waals surface area contributed by atoms with Gasteiger partial charge in [-0.25, -0.2) is 4.79 Å². The van der Waals surface area contributed by atoms with Gasteiger partial charge < -0.3 is 34.8 Å². The molecule has 0 spiro atoms. The third kappa shape index (κ3) is 10.4. The van der Waals surface area contributed by atoms with E-state index in [0.29, 0.717) is 19.0 Å². The van der Waals surface area contributed by atoms with Crippen molar-refractivity contribution in [2.75, 3.05) is 32.2 Å². The zero-order valence-corrected chi connectivity index (χ0v) is 41.8. The molecule has 14 heteroatoms. The molecule has 69 heavy (non-hydrogen) atoms. The van der Waals surface area contributed by atoms with Crippen molar-refractivity contribution in [1.82, 2.24) is 40.8 Å². The van der Waals surface area contributed by atoms with Crippen LogP contribution in [-0.4, -0.2) is 87.5 Å². The van der Waals surface area contributed by atoms with E-state index in [9.17, 15) is 14.4 Å². The summed E-state index contributed by atoms with van der Waals surface area (Å²) in [7, 11) is 2.86. The van der Waals surface area contributed by atoms with Crippen molar-refractivity contribution >= 4 is 23.6 Å². The SMILES string of the molecule is C=C(N[C@H](C(=O)N1CCC[C@H]1c1cc(-c2ccc(C3CCC(c4ccc(-c5cc([C@@H]6CCCN6C(=O)[C@@H](NC(=O)OC)C(C)C)[nH]n5)cc4)N3c3ccc(C(C)(C)C)cc3)cc2)n[nH]1)C(C)C)OC. The lowest BCUT2D eigenvalue weighted by Gasteiger charge is -2.34. The smallest absolute Gasteiger partial charge is 0.407 e. The highest BCUT2D eigenvalue weighted by molar-refractivity contribution is 5.86. The number of benzene rings is 3. The summed E-state index contributed by atoms with van der Waals surface area (Å²) in [5, 5.41) is 21.9. The number of carbonyl (C=O) groups excluding carboxylic acids is 3. The topological polar surface area (TPSA) is 161 Å². The first-order valence-electron chi connectivity index (χ1n) is 24.7. The Morgan fingerprint density at radius 3 is 1.49 bits per heavy atom. The van der Waals surface area contributed by atoms with Crippen molar-refractivity contribution in [1.29, 1.82) is 0 Å². The van der Waals surface area contributed by atoms with E-state index >= 15 is 0 Å². The van der Waals surface area contributed by atoms with E-state index < -0.39 is 18.2 Å². The number of hydrogen-bond donors (Lipinski definition) is 4. The van der Waals surface area contributed by atoms with Crippen molar-refractivity contribution in [2.24, 2.45) is 11.8 Å². The second-order valence-electron chi connectivity index (χ2n) is 20.7. The fraction of sp³-hybridized carbons (Fsp3) is 0.473. The lowest BCUT2D eigenvalue weighted by atomic mass is 9.87. The molecule has 0 radical (unpaired) electrons. The Kier molecular flexibility index (Phi) is 14.6. The third-order valence-corrected chi connectivity index (χ3v) is 14.5. The van der Waals surface area contributed by atoms with Crippen molar-refractivity contribution in [3.8, 4) is 22.5 Å². The number of alkyl carbamates (subject to hydrolysis) is 1. The fourth-order valence-corrected chi connectivity index (χ4v) is 10.5. The van der Waals surface area contributed by atoms with Gasteiger partial charge in [0, 0.05) is 29.9 Å². The Morgan fingerprint density at radius 1 is 0.638 bits per heavy atom. The molecule has 14 nitrogen and oxygen atoms in total. The lowest BCUT2D eigenvalue weighted by Crippen LogP contribution is -2.51. The fourth-order valence-electron chi connectivity index (χ4n) is 10.5. The van der Waals surface area contributed by atoms with Gasteiger partial charge in [0.2, 0.25) is 11.8 Å². The molecule has 5 aromatic rings. The van der Waals surface area contributed by atoms with Gasteiger partial charge in [-0.2, -0.15) is 10.2 Å². The summed E-state index contributed by atoms with van der Waals surface area (Å²) in [6.07, 6.45) is 4.83. The standard InChI is InChI=1S/C55H71N9O5/c1-33(2)50(56-35(5)68-9)52(65)62-29-11-13-48(62)44-31-42(58-60-44)36-15-19-38(20-16-36)46-27-28-47(64(46)41-25-23-40(24-26-41)55(6,7)8)39-21-17-37(18-22-39)43-32-45(61-59-43)49-14-12-30-63(49)53(66)51(34(3)4)57-54(67)69-10/h15-26,31-34,46-51,56H,5,11-14,27-30H2,1-4,6-10H3,(H,57,67)(H,58,60)(H,59,61)/t46?,47?,48-,49-,50-,51-/m0/s1. The van der Waals surface area contributed by atoms with Gasteiger partial charge >= 0.3 is 6.09 Å². The highest BCUT2D eigenvalue weighted by atomic mass is 16.5. The first-order chi connectivity index (χ1) is 33.1. The van der Waals surface area contributed by atoms with E-state index in [4.69, 9.17) is 19.7 Å². The monoisotopic (exact) mass is 938 g/mol. The molecular formula is C55H71N9O5. The van der Waals surface area contributed by atoms with Crippen molar-refractivity contribution in [3.05, 3.63) is 125 Å². The predicted molar refractivity (Wildman–Crippen MR) is 270 cm³/mol. The average Bonchev–Trinajstić information content (AvgIpc) is 4.21. The van der Waals surface area contributed by atoms with Crippen molar-refractivity contribution in [2.45, 2.75) is 129 Å². The second kappa shape index (κ2) is 20.6. The van der Waals surface area contributed by atoms with Gasteiger partial charge in [0.15, 0.2) is 5.88 Å². The minimum atomic E-state index is -0.682. The summed E-state index contributed by atoms with van der Waals surface area (Å²) in [6.45, 7) is 19.8. The molecule has 5 heterocycles. The number of carbonyl (C=O) groups is 3. The lowest BCUT2D eigenvalue weighted by molar-refractivity contribution is -0.136. The Labute approximate surface area is 407 Å². The number of nitrogens with zero attached hydrogens (tertiary/aromatic N) is 5. The van der Waals surface area contributed by atoms with Gasteiger partial charge in [0.1, 0.15) is 12.1 Å². The van der Waals surface area contributed by atoms with Crippen LogP contribution in [0.1, 0.15) is 139 Å². The Morgan fingerprint density at radius 2 is 1.09 bits per heavy atom. The molecule has 3 aromatic carbocycles. The maximum atomic E-state index is 13.9. The van der Waals surface area contributed by atoms with Gasteiger partial charge in [-0.1, -0.05) is 109 Å². The molecular weight excluding hydrogens is 867 g/mol. The molecule has 3 saturated heterocycles. The molecule has 2 unspecified atom stereocenters. The molecule has 8 rings (SSSR count). The van der Waals surface area contributed by atoms with Crippen LogP contribution in [0.2, 0.25) is 0 Å². The molecule has 366 valence electrons. The van der Waals surface area contributed by atoms with Gasteiger partial charge in [-0.15, -0.1) is 0 Å². The van der Waals surface area contributed by atoms with E-state index in [1.54, 1.807) is 7.11 Å². The molecule has 6 atom stereocenters. The highest BCUT2D eigenvalue weighted by Gasteiger charge is 2.39. The van der Waals surface area contributed by atoms with E-state index in [1.807, 2.05) is 37.5 Å². The first kappa shape index (κ1) is 48.9. The highest BCUT2D eigenvalue weighted by Crippen LogP contribution is 2.48. The van der Waals surface area contributed by atoms with Gasteiger partial charge in [-0.05, 0) is 103 Å².